The molecule has 3 rings (SSSR count). The first-order valence-corrected chi connectivity index (χ1v) is 6.64. The van der Waals surface area contributed by atoms with Crippen LogP contribution < -0.4 is 4.74 Å². The van der Waals surface area contributed by atoms with Crippen LogP contribution in [0.2, 0.25) is 0 Å². The van der Waals surface area contributed by atoms with Crippen molar-refractivity contribution in [3.8, 4) is 16.9 Å². The molecule has 2 heterocycles. The molecule has 0 N–H and O–H groups in total. The average Bonchev–Trinajstić information content (AvgIpc) is 3.11. The molecule has 0 saturated heterocycles. The summed E-state index contributed by atoms with van der Waals surface area (Å²) >= 11 is 0. The third-order valence-corrected chi connectivity index (χ3v) is 3.16. The molecule has 4 nitrogen and oxygen atoms in total. The van der Waals surface area contributed by atoms with Crippen molar-refractivity contribution in [2.45, 2.75) is 6.54 Å². The minimum Gasteiger partial charge on any atom is -0.492 e. The molecule has 4 heteroatoms. The summed E-state index contributed by atoms with van der Waals surface area (Å²) in [6.07, 6.45) is 7.93. The largest absolute Gasteiger partial charge is 0.492 e. The maximum absolute atomic E-state index is 5.80. The van der Waals surface area contributed by atoms with Crippen LogP contribution in [0.1, 0.15) is 0 Å². The van der Waals surface area contributed by atoms with Crippen LogP contribution in [-0.2, 0) is 13.6 Å². The third-order valence-electron chi connectivity index (χ3n) is 3.16. The number of hydrogen-bond donors (Lipinski definition) is 0. The topological polar surface area (TPSA) is 32.0 Å². The van der Waals surface area contributed by atoms with Gasteiger partial charge in [0.15, 0.2) is 0 Å². The van der Waals surface area contributed by atoms with E-state index in [1.807, 2.05) is 62.2 Å². The Kier molecular flexibility index (Phi) is 3.54. The molecule has 0 spiro atoms. The van der Waals surface area contributed by atoms with Gasteiger partial charge in [-0.05, 0) is 29.8 Å². The van der Waals surface area contributed by atoms with Crippen molar-refractivity contribution in [1.82, 2.24) is 14.3 Å². The second kappa shape index (κ2) is 5.65. The maximum Gasteiger partial charge on any atom is 0.120 e. The summed E-state index contributed by atoms with van der Waals surface area (Å²) in [4.78, 5) is 0. The van der Waals surface area contributed by atoms with Crippen molar-refractivity contribution in [2.75, 3.05) is 6.61 Å². The van der Waals surface area contributed by atoms with E-state index in [1.54, 1.807) is 4.68 Å². The molecule has 2 aromatic heterocycles. The Balaban J connectivity index is 1.65. The SMILES string of the molecule is Cn1cc(-c2cccc(OCCn3cccc3)c2)cn1. The molecule has 0 atom stereocenters. The van der Waals surface area contributed by atoms with E-state index < -0.39 is 0 Å². The van der Waals surface area contributed by atoms with E-state index >= 15 is 0 Å². The van der Waals surface area contributed by atoms with E-state index in [1.165, 1.54) is 0 Å². The second-order valence-corrected chi connectivity index (χ2v) is 4.70. The van der Waals surface area contributed by atoms with Gasteiger partial charge in [0, 0.05) is 31.2 Å². The summed E-state index contributed by atoms with van der Waals surface area (Å²) in [6, 6.07) is 12.1. The van der Waals surface area contributed by atoms with Crippen molar-refractivity contribution in [2.24, 2.45) is 7.05 Å². The van der Waals surface area contributed by atoms with Crippen molar-refractivity contribution >= 4 is 0 Å². The number of rotatable bonds is 5. The molecule has 0 aliphatic heterocycles. The Morgan fingerprint density at radius 1 is 1.10 bits per heavy atom. The van der Waals surface area contributed by atoms with Crippen LogP contribution in [0, 0.1) is 0 Å². The van der Waals surface area contributed by atoms with Crippen molar-refractivity contribution in [3.05, 3.63) is 61.2 Å². The van der Waals surface area contributed by atoms with Gasteiger partial charge in [0.25, 0.3) is 0 Å². The lowest BCUT2D eigenvalue weighted by Crippen LogP contribution is -2.06. The van der Waals surface area contributed by atoms with E-state index in [-0.39, 0.29) is 0 Å². The van der Waals surface area contributed by atoms with Crippen molar-refractivity contribution in [3.63, 3.8) is 0 Å². The van der Waals surface area contributed by atoms with Gasteiger partial charge in [-0.15, -0.1) is 0 Å². The first-order chi connectivity index (χ1) is 9.81. The summed E-state index contributed by atoms with van der Waals surface area (Å²) in [5.41, 5.74) is 2.22. The predicted octanol–water partition coefficient (Wildman–Crippen LogP) is 2.97. The van der Waals surface area contributed by atoms with E-state index in [9.17, 15) is 0 Å². The fourth-order valence-electron chi connectivity index (χ4n) is 2.12. The Bertz CT molecular complexity index is 671. The standard InChI is InChI=1S/C16H17N3O/c1-18-13-15(12-17-18)14-5-4-6-16(11-14)20-10-9-19-7-2-3-8-19/h2-8,11-13H,9-10H2,1H3. The molecule has 1 aromatic carbocycles. The van der Waals surface area contributed by atoms with Gasteiger partial charge in [0.1, 0.15) is 12.4 Å². The van der Waals surface area contributed by atoms with Crippen molar-refractivity contribution in [1.29, 1.82) is 0 Å². The second-order valence-electron chi connectivity index (χ2n) is 4.70. The van der Waals surface area contributed by atoms with Gasteiger partial charge < -0.3 is 9.30 Å². The normalized spacial score (nSPS) is 10.7. The number of nitrogens with zero attached hydrogens (tertiary/aromatic N) is 3. The molecule has 0 unspecified atom stereocenters. The van der Waals surface area contributed by atoms with Crippen LogP contribution in [-0.4, -0.2) is 21.0 Å². The summed E-state index contributed by atoms with van der Waals surface area (Å²) in [7, 11) is 1.92. The van der Waals surface area contributed by atoms with Gasteiger partial charge in [-0.25, -0.2) is 0 Å². The van der Waals surface area contributed by atoms with Crippen LogP contribution in [0.4, 0.5) is 0 Å². The molecule has 0 saturated carbocycles. The fourth-order valence-corrected chi connectivity index (χ4v) is 2.12. The average molecular weight is 267 g/mol. The van der Waals surface area contributed by atoms with E-state index in [0.717, 1.165) is 23.4 Å². The molecule has 0 bridgehead atoms. The van der Waals surface area contributed by atoms with Gasteiger partial charge in [0.2, 0.25) is 0 Å². The number of ether oxygens (including phenoxy) is 1. The predicted molar refractivity (Wildman–Crippen MR) is 78.6 cm³/mol. The number of benzene rings is 1. The highest BCUT2D eigenvalue weighted by Crippen LogP contribution is 2.23. The fraction of sp³-hybridized carbons (Fsp3) is 0.188. The highest BCUT2D eigenvalue weighted by atomic mass is 16.5. The van der Waals surface area contributed by atoms with Gasteiger partial charge in [-0.1, -0.05) is 12.1 Å². The van der Waals surface area contributed by atoms with Crippen LogP contribution in [0.25, 0.3) is 11.1 Å². The quantitative estimate of drug-likeness (QED) is 0.712. The molecule has 0 aliphatic rings. The molecule has 0 fully saturated rings. The Morgan fingerprint density at radius 3 is 2.70 bits per heavy atom. The summed E-state index contributed by atoms with van der Waals surface area (Å²) in [5.74, 6) is 0.888. The zero-order valence-corrected chi connectivity index (χ0v) is 11.4. The highest BCUT2D eigenvalue weighted by Gasteiger charge is 2.02. The molecule has 0 amide bonds. The summed E-state index contributed by atoms with van der Waals surface area (Å²) in [5, 5.41) is 4.19. The molecular formula is C16H17N3O. The van der Waals surface area contributed by atoms with Gasteiger partial charge in [-0.2, -0.15) is 5.10 Å². The Labute approximate surface area is 118 Å². The lowest BCUT2D eigenvalue weighted by molar-refractivity contribution is 0.298. The molecule has 0 radical (unpaired) electrons. The van der Waals surface area contributed by atoms with Crippen LogP contribution >= 0.6 is 0 Å². The van der Waals surface area contributed by atoms with Crippen LogP contribution in [0.3, 0.4) is 0 Å². The number of hydrogen-bond acceptors (Lipinski definition) is 2. The third kappa shape index (κ3) is 2.91. The molecular weight excluding hydrogens is 250 g/mol. The number of aromatic nitrogens is 3. The summed E-state index contributed by atoms with van der Waals surface area (Å²) in [6.45, 7) is 1.51. The number of aryl methyl sites for hydroxylation is 1. The zero-order chi connectivity index (χ0) is 13.8. The molecule has 3 aromatic rings. The first-order valence-electron chi connectivity index (χ1n) is 6.64. The summed E-state index contributed by atoms with van der Waals surface area (Å²) < 4.78 is 9.70. The Morgan fingerprint density at radius 2 is 1.95 bits per heavy atom. The van der Waals surface area contributed by atoms with E-state index in [2.05, 4.69) is 15.7 Å². The monoisotopic (exact) mass is 267 g/mol. The Hall–Kier alpha value is -2.49. The van der Waals surface area contributed by atoms with Gasteiger partial charge in [-0.3, -0.25) is 4.68 Å². The minimum atomic E-state index is 0.658. The maximum atomic E-state index is 5.80. The van der Waals surface area contributed by atoms with Gasteiger partial charge >= 0.3 is 0 Å². The van der Waals surface area contributed by atoms with Crippen molar-refractivity contribution < 1.29 is 4.74 Å². The van der Waals surface area contributed by atoms with E-state index in [4.69, 9.17) is 4.74 Å². The molecule has 0 aliphatic carbocycles. The molecule has 20 heavy (non-hydrogen) atoms. The lowest BCUT2D eigenvalue weighted by atomic mass is 10.1. The lowest BCUT2D eigenvalue weighted by Gasteiger charge is -2.08. The van der Waals surface area contributed by atoms with Crippen LogP contribution in [0.5, 0.6) is 5.75 Å². The minimum absolute atomic E-state index is 0.658. The molecule has 102 valence electrons. The highest BCUT2D eigenvalue weighted by molar-refractivity contribution is 5.63. The van der Waals surface area contributed by atoms with Crippen LogP contribution in [0.15, 0.2) is 61.2 Å². The van der Waals surface area contributed by atoms with E-state index in [0.29, 0.717) is 6.61 Å². The first kappa shape index (κ1) is 12.5. The smallest absolute Gasteiger partial charge is 0.120 e. The van der Waals surface area contributed by atoms with Gasteiger partial charge in [0.05, 0.1) is 12.7 Å². The zero-order valence-electron chi connectivity index (χ0n) is 11.4.